The van der Waals surface area contributed by atoms with Crippen molar-refractivity contribution in [1.29, 1.82) is 0 Å². The van der Waals surface area contributed by atoms with E-state index in [-0.39, 0.29) is 29.5 Å². The number of pyridine rings is 2. The molecule has 0 bridgehead atoms. The summed E-state index contributed by atoms with van der Waals surface area (Å²) in [6.45, 7) is 3.69. The number of nitrogens with zero attached hydrogens (tertiary/aromatic N) is 2. The number of aromatic carboxylic acids is 1. The number of carboxylic acids is 1. The maximum Gasteiger partial charge on any atom is 0.337 e. The number of ether oxygens (including phenoxy) is 3. The Bertz CT molecular complexity index is 2500. The van der Waals surface area contributed by atoms with E-state index in [9.17, 15) is 19.2 Å². The van der Waals surface area contributed by atoms with Gasteiger partial charge in [-0.3, -0.25) is 19.6 Å². The number of carbonyl (C=O) groups is 4. The molecule has 6 aromatic rings. The molecule has 0 saturated heterocycles. The third-order valence-electron chi connectivity index (χ3n) is 9.56. The highest BCUT2D eigenvalue weighted by atomic mass is 35.5. The molecule has 314 valence electrons. The molecule has 0 spiro atoms. The van der Waals surface area contributed by atoms with Gasteiger partial charge < -0.3 is 30.0 Å². The molecule has 12 nitrogen and oxygen atoms in total. The van der Waals surface area contributed by atoms with Gasteiger partial charge in [0.2, 0.25) is 0 Å². The molecule has 3 N–H and O–H groups in total. The Morgan fingerprint density at radius 3 is 1.39 bits per heavy atom. The lowest BCUT2D eigenvalue weighted by atomic mass is 10.0. The fourth-order valence-corrected chi connectivity index (χ4v) is 6.53. The largest absolute Gasteiger partial charge is 0.497 e. The summed E-state index contributed by atoms with van der Waals surface area (Å²) in [6.07, 6.45) is 3.95. The Kier molecular flexibility index (Phi) is 16.0. The summed E-state index contributed by atoms with van der Waals surface area (Å²) in [5.74, 6) is -0.525. The number of amides is 2. The fraction of sp³-hybridized carbons (Fsp3) is 0.191. The number of rotatable bonds is 14. The fourth-order valence-electron chi connectivity index (χ4n) is 6.22. The second-order valence-corrected chi connectivity index (χ2v) is 14.7. The second-order valence-electron chi connectivity index (χ2n) is 13.8. The third kappa shape index (κ3) is 12.6. The van der Waals surface area contributed by atoms with Crippen molar-refractivity contribution in [3.05, 3.63) is 188 Å². The highest BCUT2D eigenvalue weighted by molar-refractivity contribution is 6.31. The van der Waals surface area contributed by atoms with E-state index in [2.05, 4.69) is 20.6 Å². The number of carbonyl (C=O) groups excluding carboxylic acids is 3. The van der Waals surface area contributed by atoms with E-state index in [0.29, 0.717) is 51.0 Å². The number of hydrogen-bond acceptors (Lipinski definition) is 9. The number of methoxy groups -OCH3 is 3. The maximum atomic E-state index is 13.0. The van der Waals surface area contributed by atoms with Crippen molar-refractivity contribution in [2.75, 3.05) is 21.3 Å². The smallest absolute Gasteiger partial charge is 0.337 e. The van der Waals surface area contributed by atoms with Crippen LogP contribution in [0, 0.1) is 0 Å². The molecule has 0 aliphatic rings. The van der Waals surface area contributed by atoms with Crippen molar-refractivity contribution in [2.24, 2.45) is 0 Å². The zero-order valence-corrected chi connectivity index (χ0v) is 35.6. The summed E-state index contributed by atoms with van der Waals surface area (Å²) in [5, 5.41) is 15.7. The second kappa shape index (κ2) is 21.5. The van der Waals surface area contributed by atoms with E-state index in [4.69, 9.17) is 42.5 Å². The van der Waals surface area contributed by atoms with Gasteiger partial charge in [-0.15, -0.1) is 0 Å². The monoisotopic (exact) mass is 862 g/mol. The first-order valence-corrected chi connectivity index (χ1v) is 19.7. The first-order valence-electron chi connectivity index (χ1n) is 19.0. The summed E-state index contributed by atoms with van der Waals surface area (Å²) >= 11 is 12.2. The minimum absolute atomic E-state index is 0.192. The van der Waals surface area contributed by atoms with E-state index in [1.54, 1.807) is 62.8 Å². The highest BCUT2D eigenvalue weighted by Crippen LogP contribution is 2.23. The van der Waals surface area contributed by atoms with Crippen LogP contribution in [0.4, 0.5) is 0 Å². The lowest BCUT2D eigenvalue weighted by Crippen LogP contribution is -2.28. The number of esters is 1. The number of benzene rings is 4. The van der Waals surface area contributed by atoms with Crippen LogP contribution in [0.3, 0.4) is 0 Å². The molecule has 6 rings (SSSR count). The molecular weight excluding hydrogens is 819 g/mol. The molecule has 0 saturated carbocycles. The van der Waals surface area contributed by atoms with Gasteiger partial charge in [0.25, 0.3) is 11.8 Å². The molecule has 2 aromatic heterocycles. The lowest BCUT2D eigenvalue weighted by Gasteiger charge is -2.16. The topological polar surface area (TPSA) is 166 Å². The van der Waals surface area contributed by atoms with Gasteiger partial charge in [0.05, 0.1) is 77.1 Å². The van der Waals surface area contributed by atoms with Gasteiger partial charge in [-0.25, -0.2) is 9.59 Å². The quantitative estimate of drug-likeness (QED) is 0.0900. The van der Waals surface area contributed by atoms with Crippen LogP contribution >= 0.6 is 23.2 Å². The van der Waals surface area contributed by atoms with Crippen LogP contribution in [0.1, 0.15) is 101 Å². The number of aromatic nitrogens is 2. The van der Waals surface area contributed by atoms with Crippen LogP contribution in [0.2, 0.25) is 10.0 Å². The van der Waals surface area contributed by atoms with Crippen molar-refractivity contribution in [2.45, 2.75) is 38.8 Å². The molecule has 4 aromatic carbocycles. The Morgan fingerprint density at radius 1 is 0.607 bits per heavy atom. The average Bonchev–Trinajstić information content (AvgIpc) is 3.27. The van der Waals surface area contributed by atoms with Gasteiger partial charge >= 0.3 is 11.9 Å². The Labute approximate surface area is 363 Å². The van der Waals surface area contributed by atoms with E-state index in [0.717, 1.165) is 33.8 Å². The van der Waals surface area contributed by atoms with E-state index in [1.165, 1.54) is 31.6 Å². The van der Waals surface area contributed by atoms with Crippen LogP contribution < -0.4 is 20.1 Å². The number of hydrogen-bond donors (Lipinski definition) is 3. The molecule has 2 heterocycles. The molecule has 2 amide bonds. The van der Waals surface area contributed by atoms with Gasteiger partial charge in [-0.05, 0) is 96.8 Å². The third-order valence-corrected chi connectivity index (χ3v) is 9.97. The molecule has 0 aliphatic heterocycles. The van der Waals surface area contributed by atoms with Crippen LogP contribution in [-0.4, -0.2) is 60.2 Å². The molecule has 2 atom stereocenters. The first-order chi connectivity index (χ1) is 29.3. The Morgan fingerprint density at radius 2 is 1.02 bits per heavy atom. The summed E-state index contributed by atoms with van der Waals surface area (Å²) in [5.41, 5.74) is 6.21. The van der Waals surface area contributed by atoms with Gasteiger partial charge in [-0.1, -0.05) is 71.7 Å². The van der Waals surface area contributed by atoms with Crippen molar-refractivity contribution in [3.63, 3.8) is 0 Å². The van der Waals surface area contributed by atoms with Crippen LogP contribution in [0.25, 0.3) is 0 Å². The molecule has 0 unspecified atom stereocenters. The normalized spacial score (nSPS) is 11.5. The highest BCUT2D eigenvalue weighted by Gasteiger charge is 2.20. The van der Waals surface area contributed by atoms with Crippen molar-refractivity contribution >= 4 is 47.0 Å². The number of nitrogens with one attached hydrogen (secondary N) is 2. The summed E-state index contributed by atoms with van der Waals surface area (Å²) in [6, 6.07) is 31.0. The van der Waals surface area contributed by atoms with Crippen LogP contribution in [-0.2, 0) is 17.6 Å². The Balaban J connectivity index is 0.000000231. The van der Waals surface area contributed by atoms with E-state index < -0.39 is 11.9 Å². The zero-order valence-electron chi connectivity index (χ0n) is 34.1. The van der Waals surface area contributed by atoms with Crippen molar-refractivity contribution in [3.8, 4) is 11.5 Å². The molecule has 14 heteroatoms. The molecule has 0 aliphatic carbocycles. The van der Waals surface area contributed by atoms with Gasteiger partial charge in [0.15, 0.2) is 0 Å². The zero-order chi connectivity index (χ0) is 44.1. The van der Waals surface area contributed by atoms with Crippen LogP contribution in [0.5, 0.6) is 11.5 Å². The standard InChI is InChI=1S/C24H23ClN2O4.C23H21ClN2O4/c1-15(17-7-9-18(10-8-17)24(29)31-3)27-23(28)21-13-19(25)14-26-22(21)12-16-5-4-6-20(11-16)30-2;1-14(16-6-8-17(9-7-16)23(28)29)26-22(27)20-12-18(24)13-25-21(20)11-15-4-3-5-19(10-15)30-2/h4-11,13-15H,12H2,1-3H3,(H,27,28);3-10,12-14H,11H2,1-2H3,(H,26,27)(H,28,29)/t15-;14-/m00/s1. The van der Waals surface area contributed by atoms with Gasteiger partial charge in [0.1, 0.15) is 11.5 Å². The summed E-state index contributed by atoms with van der Waals surface area (Å²) in [4.78, 5) is 57.3. The summed E-state index contributed by atoms with van der Waals surface area (Å²) < 4.78 is 15.2. The van der Waals surface area contributed by atoms with Crippen molar-refractivity contribution < 1.29 is 38.5 Å². The Hall–Kier alpha value is -6.76. The van der Waals surface area contributed by atoms with Gasteiger partial charge in [0, 0.05) is 25.2 Å². The van der Waals surface area contributed by atoms with Gasteiger partial charge in [-0.2, -0.15) is 0 Å². The predicted molar refractivity (Wildman–Crippen MR) is 233 cm³/mol. The predicted octanol–water partition coefficient (Wildman–Crippen LogP) is 9.14. The number of carboxylic acid groups (broad SMARTS) is 1. The minimum atomic E-state index is -0.995. The first kappa shape index (κ1) is 45.3. The number of halogens is 2. The average molecular weight is 864 g/mol. The molecule has 61 heavy (non-hydrogen) atoms. The maximum absolute atomic E-state index is 13.0. The van der Waals surface area contributed by atoms with E-state index in [1.807, 2.05) is 62.4 Å². The lowest BCUT2D eigenvalue weighted by molar-refractivity contribution is 0.0599. The van der Waals surface area contributed by atoms with Crippen LogP contribution in [0.15, 0.2) is 122 Å². The molecule has 0 fully saturated rings. The summed E-state index contributed by atoms with van der Waals surface area (Å²) in [7, 11) is 4.54. The SMILES string of the molecule is COC(=O)c1ccc([C@H](C)NC(=O)c2cc(Cl)cnc2Cc2cccc(OC)c2)cc1.COc1cccc(Cc2ncc(Cl)cc2C(=O)N[C@@H](C)c2ccc(C(=O)O)cc2)c1. The molecule has 0 radical (unpaired) electrons. The minimum Gasteiger partial charge on any atom is -0.497 e. The van der Waals surface area contributed by atoms with E-state index >= 15 is 0 Å². The van der Waals surface area contributed by atoms with Crippen molar-refractivity contribution in [1.82, 2.24) is 20.6 Å². The molecular formula is C47H44Cl2N4O8.